The summed E-state index contributed by atoms with van der Waals surface area (Å²) in [4.78, 5) is 0. The monoisotopic (exact) mass is 295 g/mol. The van der Waals surface area contributed by atoms with E-state index in [0.717, 1.165) is 19.4 Å². The van der Waals surface area contributed by atoms with Crippen molar-refractivity contribution < 1.29 is 5.11 Å². The van der Waals surface area contributed by atoms with E-state index >= 15 is 0 Å². The maximum atomic E-state index is 9.83. The Morgan fingerprint density at radius 2 is 2.23 bits per heavy atom. The molecule has 1 aromatic carbocycles. The van der Waals surface area contributed by atoms with E-state index < -0.39 is 0 Å². The number of aliphatic hydroxyl groups is 1. The summed E-state index contributed by atoms with van der Waals surface area (Å²) in [5.74, 6) is 0.966. The van der Waals surface area contributed by atoms with Crippen molar-refractivity contribution in [1.82, 2.24) is 5.32 Å². The van der Waals surface area contributed by atoms with E-state index in [0.29, 0.717) is 24.5 Å². The Labute approximate surface area is 132 Å². The Kier molecular flexibility index (Phi) is 2.45. The van der Waals surface area contributed by atoms with Crippen LogP contribution >= 0.6 is 0 Å². The number of piperidine rings is 1. The predicted molar refractivity (Wildman–Crippen MR) is 87.8 cm³/mol. The lowest BCUT2D eigenvalue weighted by molar-refractivity contribution is 0.0156. The van der Waals surface area contributed by atoms with E-state index in [1.807, 2.05) is 0 Å². The van der Waals surface area contributed by atoms with Crippen molar-refractivity contribution in [3.8, 4) is 0 Å². The summed E-state index contributed by atoms with van der Waals surface area (Å²) >= 11 is 0. The summed E-state index contributed by atoms with van der Waals surface area (Å²) in [5.41, 5.74) is 6.60. The highest BCUT2D eigenvalue weighted by Gasteiger charge is 2.72. The fraction of sp³-hybridized carbons (Fsp3) is 0.600. The van der Waals surface area contributed by atoms with Gasteiger partial charge in [0.15, 0.2) is 0 Å². The second-order valence-corrected chi connectivity index (χ2v) is 8.10. The Hall–Kier alpha value is -1.12. The van der Waals surface area contributed by atoms with Gasteiger partial charge >= 0.3 is 0 Å². The van der Waals surface area contributed by atoms with Crippen molar-refractivity contribution in [3.63, 3.8) is 0 Å². The van der Waals surface area contributed by atoms with Crippen molar-refractivity contribution in [2.24, 2.45) is 17.3 Å². The minimum Gasteiger partial charge on any atom is -0.396 e. The zero-order valence-corrected chi connectivity index (χ0v) is 13.4. The topological polar surface area (TPSA) is 32.3 Å². The van der Waals surface area contributed by atoms with Crippen molar-refractivity contribution >= 4 is 0 Å². The molecule has 1 aliphatic heterocycles. The van der Waals surface area contributed by atoms with Gasteiger partial charge in [-0.2, -0.15) is 0 Å². The van der Waals surface area contributed by atoms with E-state index in [1.165, 1.54) is 24.0 Å². The fourth-order valence-electron chi connectivity index (χ4n) is 6.86. The molecule has 5 atom stereocenters. The van der Waals surface area contributed by atoms with E-state index in [-0.39, 0.29) is 10.8 Å². The van der Waals surface area contributed by atoms with E-state index in [9.17, 15) is 5.11 Å². The molecule has 2 saturated carbocycles. The number of aryl methyl sites for hydroxylation is 1. The molecule has 4 aliphatic rings. The van der Waals surface area contributed by atoms with Crippen LogP contribution < -0.4 is 5.32 Å². The summed E-state index contributed by atoms with van der Waals surface area (Å²) < 4.78 is 0. The van der Waals surface area contributed by atoms with E-state index in [1.54, 1.807) is 11.1 Å². The maximum Gasteiger partial charge on any atom is 0.0465 e. The normalized spacial score (nSPS) is 44.8. The van der Waals surface area contributed by atoms with Crippen molar-refractivity contribution in [2.45, 2.75) is 44.1 Å². The second-order valence-electron chi connectivity index (χ2n) is 8.10. The molecule has 1 aromatic rings. The quantitative estimate of drug-likeness (QED) is 0.781. The molecule has 22 heavy (non-hydrogen) atoms. The number of rotatable bonds is 1. The van der Waals surface area contributed by atoms with Gasteiger partial charge in [-0.1, -0.05) is 30.4 Å². The van der Waals surface area contributed by atoms with Gasteiger partial charge in [0.2, 0.25) is 0 Å². The molecule has 116 valence electrons. The van der Waals surface area contributed by atoms with Gasteiger partial charge in [0.1, 0.15) is 0 Å². The number of hydrogen-bond donors (Lipinski definition) is 2. The fourth-order valence-corrected chi connectivity index (χ4v) is 6.86. The van der Waals surface area contributed by atoms with Crippen LogP contribution in [0.25, 0.3) is 0 Å². The molecular weight excluding hydrogens is 270 g/mol. The molecule has 1 heterocycles. The van der Waals surface area contributed by atoms with Crippen LogP contribution in [0.3, 0.4) is 0 Å². The molecule has 3 aliphatic carbocycles. The summed E-state index contributed by atoms with van der Waals surface area (Å²) in [7, 11) is 0. The SMILES string of the molecule is C=C1C2C[C@]34CCN[C@H](Cc5c(C)cccc53)[C@@]14CC2CO. The molecule has 2 N–H and O–H groups in total. The van der Waals surface area contributed by atoms with Gasteiger partial charge in [0.25, 0.3) is 0 Å². The van der Waals surface area contributed by atoms with Crippen LogP contribution in [-0.2, 0) is 11.8 Å². The average Bonchev–Trinajstić information content (AvgIpc) is 2.94. The number of nitrogens with one attached hydrogen (secondary N) is 1. The van der Waals surface area contributed by atoms with Crippen LogP contribution in [0.4, 0.5) is 0 Å². The van der Waals surface area contributed by atoms with Crippen LogP contribution in [0.5, 0.6) is 0 Å². The molecule has 0 aromatic heterocycles. The third-order valence-corrected chi connectivity index (χ3v) is 7.70. The Bertz CT molecular complexity index is 680. The molecule has 0 radical (unpaired) electrons. The maximum absolute atomic E-state index is 9.83. The standard InChI is InChI=1S/C20H25NO/c1-12-4-3-5-17-15(12)8-18-20-9-14(11-22)16(13(20)2)10-19(17,20)6-7-21-18/h3-5,14,16,18,21-22H,2,6-11H2,1H3/t14?,16?,18-,19-,20-/m1/s1. The van der Waals surface area contributed by atoms with Crippen molar-refractivity contribution in [2.75, 3.05) is 13.2 Å². The average molecular weight is 295 g/mol. The molecule has 5 rings (SSSR count). The van der Waals surface area contributed by atoms with Gasteiger partial charge in [-0.05, 0) is 67.7 Å². The largest absolute Gasteiger partial charge is 0.396 e. The molecule has 2 heteroatoms. The van der Waals surface area contributed by atoms with Crippen LogP contribution in [-0.4, -0.2) is 24.3 Å². The highest BCUT2D eigenvalue weighted by molar-refractivity contribution is 5.54. The van der Waals surface area contributed by atoms with Gasteiger partial charge in [-0.15, -0.1) is 0 Å². The highest BCUT2D eigenvalue weighted by Crippen LogP contribution is 2.74. The first-order chi connectivity index (χ1) is 10.6. The Morgan fingerprint density at radius 3 is 3.05 bits per heavy atom. The third kappa shape index (κ3) is 1.20. The number of aliphatic hydroxyl groups excluding tert-OH is 1. The minimum atomic E-state index is 0.199. The van der Waals surface area contributed by atoms with Crippen LogP contribution in [0.15, 0.2) is 30.4 Å². The van der Waals surface area contributed by atoms with E-state index in [2.05, 4.69) is 37.0 Å². The third-order valence-electron chi connectivity index (χ3n) is 7.70. The van der Waals surface area contributed by atoms with Gasteiger partial charge < -0.3 is 10.4 Å². The predicted octanol–water partition coefficient (Wildman–Crippen LogP) is 2.73. The Balaban J connectivity index is 1.78. The molecular formula is C20H25NO. The van der Waals surface area contributed by atoms with Gasteiger partial charge in [0, 0.05) is 23.5 Å². The molecule has 3 fully saturated rings. The minimum absolute atomic E-state index is 0.199. The molecule has 2 nitrogen and oxygen atoms in total. The summed E-state index contributed by atoms with van der Waals surface area (Å²) in [5, 5.41) is 13.7. The van der Waals surface area contributed by atoms with Gasteiger partial charge in [-0.25, -0.2) is 0 Å². The zero-order valence-electron chi connectivity index (χ0n) is 13.4. The number of benzene rings is 1. The highest BCUT2D eigenvalue weighted by atomic mass is 16.3. The van der Waals surface area contributed by atoms with Crippen LogP contribution in [0.1, 0.15) is 36.0 Å². The van der Waals surface area contributed by atoms with Crippen molar-refractivity contribution in [3.05, 3.63) is 47.0 Å². The first-order valence-electron chi connectivity index (χ1n) is 8.76. The summed E-state index contributed by atoms with van der Waals surface area (Å²) in [6.45, 7) is 8.30. The van der Waals surface area contributed by atoms with Crippen LogP contribution in [0.2, 0.25) is 0 Å². The summed E-state index contributed by atoms with van der Waals surface area (Å²) in [6.07, 6.45) is 4.71. The zero-order chi connectivity index (χ0) is 15.1. The van der Waals surface area contributed by atoms with Gasteiger partial charge in [-0.3, -0.25) is 0 Å². The first kappa shape index (κ1) is 13.3. The van der Waals surface area contributed by atoms with E-state index in [4.69, 9.17) is 0 Å². The lowest BCUT2D eigenvalue weighted by atomic mass is 9.47. The molecule has 0 amide bonds. The lowest BCUT2D eigenvalue weighted by Gasteiger charge is -2.60. The summed E-state index contributed by atoms with van der Waals surface area (Å²) in [6, 6.07) is 7.43. The molecule has 1 saturated heterocycles. The number of fused-ring (bicyclic) bond motifs is 2. The Morgan fingerprint density at radius 1 is 1.36 bits per heavy atom. The lowest BCUT2D eigenvalue weighted by Crippen LogP contribution is -2.64. The molecule has 1 spiro atoms. The smallest absolute Gasteiger partial charge is 0.0465 e. The molecule has 4 bridgehead atoms. The number of hydrogen-bond acceptors (Lipinski definition) is 2. The molecule has 2 unspecified atom stereocenters. The van der Waals surface area contributed by atoms with Crippen molar-refractivity contribution in [1.29, 1.82) is 0 Å². The first-order valence-corrected chi connectivity index (χ1v) is 8.76. The second kappa shape index (κ2) is 4.04. The van der Waals surface area contributed by atoms with Crippen LogP contribution in [0, 0.1) is 24.2 Å². The van der Waals surface area contributed by atoms with Gasteiger partial charge in [0.05, 0.1) is 0 Å².